The summed E-state index contributed by atoms with van der Waals surface area (Å²) < 4.78 is 10.5. The normalized spacial score (nSPS) is 11.1. The lowest BCUT2D eigenvalue weighted by Gasteiger charge is -2.12. The minimum Gasteiger partial charge on any atom is -0.493 e. The zero-order valence-corrected chi connectivity index (χ0v) is 20.3. The molecule has 2 N–H and O–H groups in total. The first-order valence-corrected chi connectivity index (χ1v) is 12.1. The third kappa shape index (κ3) is 7.13. The van der Waals surface area contributed by atoms with Gasteiger partial charge in [-0.15, -0.1) is 23.1 Å². The number of ether oxygens (including phenoxy) is 2. The largest absolute Gasteiger partial charge is 0.493 e. The number of carbonyl (C=O) groups excluding carboxylic acids is 2. The van der Waals surface area contributed by atoms with E-state index in [1.54, 1.807) is 36.0 Å². The van der Waals surface area contributed by atoms with Crippen LogP contribution in [0.3, 0.4) is 0 Å². The van der Waals surface area contributed by atoms with Crippen molar-refractivity contribution in [2.45, 2.75) is 11.8 Å². The molecular formula is C25H26N2O4S2. The fourth-order valence-electron chi connectivity index (χ4n) is 2.91. The smallest absolute Gasteiger partial charge is 0.267 e. The Morgan fingerprint density at radius 1 is 1.03 bits per heavy atom. The third-order valence-corrected chi connectivity index (χ3v) is 6.48. The van der Waals surface area contributed by atoms with E-state index in [9.17, 15) is 9.59 Å². The molecule has 0 saturated heterocycles. The summed E-state index contributed by atoms with van der Waals surface area (Å²) in [5, 5.41) is 7.54. The summed E-state index contributed by atoms with van der Waals surface area (Å²) in [7, 11) is 3.03. The summed E-state index contributed by atoms with van der Waals surface area (Å²) in [5.41, 5.74) is 1.74. The summed E-state index contributed by atoms with van der Waals surface area (Å²) >= 11 is 3.14. The van der Waals surface area contributed by atoms with Gasteiger partial charge in [-0.05, 0) is 54.8 Å². The Morgan fingerprint density at radius 3 is 2.45 bits per heavy atom. The van der Waals surface area contributed by atoms with Gasteiger partial charge in [0, 0.05) is 27.6 Å². The Morgan fingerprint density at radius 2 is 1.79 bits per heavy atom. The number of carbonyl (C=O) groups is 2. The number of thiophene rings is 1. The van der Waals surface area contributed by atoms with Gasteiger partial charge in [0.2, 0.25) is 0 Å². The van der Waals surface area contributed by atoms with Crippen LogP contribution in [0.15, 0.2) is 70.6 Å². The maximum Gasteiger partial charge on any atom is 0.267 e. The van der Waals surface area contributed by atoms with Crippen molar-refractivity contribution in [2.75, 3.05) is 26.5 Å². The lowest BCUT2D eigenvalue weighted by atomic mass is 10.1. The molecule has 3 aromatic rings. The summed E-state index contributed by atoms with van der Waals surface area (Å²) in [5.74, 6) is 0.911. The van der Waals surface area contributed by atoms with Gasteiger partial charge in [0.1, 0.15) is 5.70 Å². The van der Waals surface area contributed by atoms with Crippen molar-refractivity contribution in [1.82, 2.24) is 10.6 Å². The first-order chi connectivity index (χ1) is 16.0. The topological polar surface area (TPSA) is 76.7 Å². The maximum absolute atomic E-state index is 12.9. The van der Waals surface area contributed by atoms with Crippen molar-refractivity contribution in [3.63, 3.8) is 0 Å². The molecule has 0 bridgehead atoms. The van der Waals surface area contributed by atoms with Crippen LogP contribution in [0, 0.1) is 6.92 Å². The van der Waals surface area contributed by atoms with Crippen molar-refractivity contribution in [2.24, 2.45) is 0 Å². The van der Waals surface area contributed by atoms with Gasteiger partial charge in [0.15, 0.2) is 11.5 Å². The van der Waals surface area contributed by atoms with Gasteiger partial charge in [-0.3, -0.25) is 9.59 Å². The molecule has 1 heterocycles. The lowest BCUT2D eigenvalue weighted by Crippen LogP contribution is -2.35. The molecule has 0 unspecified atom stereocenters. The Hall–Kier alpha value is -3.23. The standard InChI is InChI=1S/C25H26N2O4S2/c1-17-6-9-19(10-7-17)33-14-12-26-25(29)21(16-20-5-4-13-32-20)27-24(28)18-8-11-22(30-2)23(15-18)31-3/h4-11,13,15-16H,12,14H2,1-3H3,(H,26,29)(H,27,28)/b21-16-. The Bertz CT molecular complexity index is 1110. The molecule has 0 fully saturated rings. The minimum absolute atomic E-state index is 0.178. The second-order valence-corrected chi connectivity index (χ2v) is 9.16. The van der Waals surface area contributed by atoms with Crippen molar-refractivity contribution >= 4 is 41.0 Å². The monoisotopic (exact) mass is 482 g/mol. The van der Waals surface area contributed by atoms with Crippen LogP contribution in [0.4, 0.5) is 0 Å². The number of methoxy groups -OCH3 is 2. The number of hydrogen-bond acceptors (Lipinski definition) is 6. The summed E-state index contributed by atoms with van der Waals surface area (Å²) in [6.07, 6.45) is 1.67. The molecule has 1 aromatic heterocycles. The molecule has 3 rings (SSSR count). The average Bonchev–Trinajstić information content (AvgIpc) is 3.35. The second kappa shape index (κ2) is 12.1. The molecule has 33 heavy (non-hydrogen) atoms. The molecule has 2 amide bonds. The van der Waals surface area contributed by atoms with Crippen LogP contribution in [0.5, 0.6) is 11.5 Å². The molecule has 0 aliphatic rings. The molecule has 0 aliphatic heterocycles. The van der Waals surface area contributed by atoms with E-state index in [2.05, 4.69) is 34.9 Å². The van der Waals surface area contributed by atoms with Crippen molar-refractivity contribution < 1.29 is 19.1 Å². The highest BCUT2D eigenvalue weighted by Gasteiger charge is 2.16. The van der Waals surface area contributed by atoms with Crippen LogP contribution in [-0.2, 0) is 4.79 Å². The van der Waals surface area contributed by atoms with Crippen molar-refractivity contribution in [3.05, 3.63) is 81.7 Å². The SMILES string of the molecule is COc1ccc(C(=O)N/C(=C\c2cccs2)C(=O)NCCSc2ccc(C)cc2)cc1OC. The zero-order chi connectivity index (χ0) is 23.6. The van der Waals surface area contributed by atoms with Crippen LogP contribution in [0.2, 0.25) is 0 Å². The molecule has 2 aromatic carbocycles. The predicted octanol–water partition coefficient (Wildman–Crippen LogP) is 4.75. The number of rotatable bonds is 10. The number of nitrogens with one attached hydrogen (secondary N) is 2. The first kappa shape index (κ1) is 24.4. The molecule has 6 nitrogen and oxygen atoms in total. The highest BCUT2D eigenvalue weighted by Crippen LogP contribution is 2.27. The number of benzene rings is 2. The van der Waals surface area contributed by atoms with E-state index >= 15 is 0 Å². The van der Waals surface area contributed by atoms with Crippen LogP contribution < -0.4 is 20.1 Å². The van der Waals surface area contributed by atoms with Crippen molar-refractivity contribution in [3.8, 4) is 11.5 Å². The van der Waals surface area contributed by atoms with Gasteiger partial charge in [-0.2, -0.15) is 0 Å². The zero-order valence-electron chi connectivity index (χ0n) is 18.7. The van der Waals surface area contributed by atoms with Crippen LogP contribution >= 0.6 is 23.1 Å². The quantitative estimate of drug-likeness (QED) is 0.248. The number of hydrogen-bond donors (Lipinski definition) is 2. The molecule has 0 saturated carbocycles. The van der Waals surface area contributed by atoms with Crippen LogP contribution in [-0.4, -0.2) is 38.3 Å². The molecule has 172 valence electrons. The van der Waals surface area contributed by atoms with Gasteiger partial charge in [-0.25, -0.2) is 0 Å². The van der Waals surface area contributed by atoms with Gasteiger partial charge in [0.25, 0.3) is 11.8 Å². The predicted molar refractivity (Wildman–Crippen MR) is 134 cm³/mol. The Kier molecular flexibility index (Phi) is 8.97. The van der Waals surface area contributed by atoms with E-state index in [4.69, 9.17) is 9.47 Å². The van der Waals surface area contributed by atoms with E-state index in [1.165, 1.54) is 31.1 Å². The molecule has 0 radical (unpaired) electrons. The molecule has 8 heteroatoms. The van der Waals surface area contributed by atoms with E-state index in [0.717, 1.165) is 9.77 Å². The molecule has 0 atom stereocenters. The summed E-state index contributed by atoms with van der Waals surface area (Å²) in [6, 6.07) is 16.9. The fourth-order valence-corrected chi connectivity index (χ4v) is 4.33. The maximum atomic E-state index is 12.9. The van der Waals surface area contributed by atoms with E-state index in [-0.39, 0.29) is 11.6 Å². The van der Waals surface area contributed by atoms with Crippen LogP contribution in [0.1, 0.15) is 20.8 Å². The number of thioether (sulfide) groups is 1. The Labute approximate surface area is 202 Å². The van der Waals surface area contributed by atoms with Crippen LogP contribution in [0.25, 0.3) is 6.08 Å². The number of aryl methyl sites for hydroxylation is 1. The highest BCUT2D eigenvalue weighted by atomic mass is 32.2. The van der Waals surface area contributed by atoms with E-state index in [1.807, 2.05) is 24.4 Å². The fraction of sp³-hybridized carbons (Fsp3) is 0.200. The lowest BCUT2D eigenvalue weighted by molar-refractivity contribution is -0.117. The minimum atomic E-state index is -0.414. The Balaban J connectivity index is 1.66. The van der Waals surface area contributed by atoms with E-state index in [0.29, 0.717) is 29.4 Å². The second-order valence-electron chi connectivity index (χ2n) is 7.01. The van der Waals surface area contributed by atoms with Gasteiger partial charge >= 0.3 is 0 Å². The number of amides is 2. The molecule has 0 spiro atoms. The summed E-state index contributed by atoms with van der Waals surface area (Å²) in [6.45, 7) is 2.51. The average molecular weight is 483 g/mol. The summed E-state index contributed by atoms with van der Waals surface area (Å²) in [4.78, 5) is 27.7. The van der Waals surface area contributed by atoms with Gasteiger partial charge in [0.05, 0.1) is 14.2 Å². The van der Waals surface area contributed by atoms with Gasteiger partial charge < -0.3 is 20.1 Å². The van der Waals surface area contributed by atoms with Crippen molar-refractivity contribution in [1.29, 1.82) is 0 Å². The molecule has 0 aliphatic carbocycles. The van der Waals surface area contributed by atoms with E-state index < -0.39 is 5.91 Å². The van der Waals surface area contributed by atoms with Gasteiger partial charge in [-0.1, -0.05) is 23.8 Å². The third-order valence-electron chi connectivity index (χ3n) is 4.65. The first-order valence-electron chi connectivity index (χ1n) is 10.3. The molecular weight excluding hydrogens is 456 g/mol. The highest BCUT2D eigenvalue weighted by molar-refractivity contribution is 7.99.